The summed E-state index contributed by atoms with van der Waals surface area (Å²) in [5.41, 5.74) is 1.01. The maximum Gasteiger partial charge on any atom is 0.336 e. The van der Waals surface area contributed by atoms with Gasteiger partial charge in [0.2, 0.25) is 0 Å². The molecule has 0 fully saturated rings. The van der Waals surface area contributed by atoms with Gasteiger partial charge in [-0.05, 0) is 36.1 Å². The highest BCUT2D eigenvalue weighted by molar-refractivity contribution is 6.31. The molecule has 0 radical (unpaired) electrons. The quantitative estimate of drug-likeness (QED) is 0.846. The van der Waals surface area contributed by atoms with Crippen LogP contribution in [0.25, 0.3) is 5.57 Å². The Kier molecular flexibility index (Phi) is 2.90. The van der Waals surface area contributed by atoms with Crippen molar-refractivity contribution in [2.75, 3.05) is 0 Å². The molecule has 2 rings (SSSR count). The Hall–Kier alpha value is -1.81. The number of halogens is 1. The molecule has 0 heterocycles. The summed E-state index contributed by atoms with van der Waals surface area (Å²) in [4.78, 5) is 22.2. The van der Waals surface area contributed by atoms with Crippen LogP contribution in [0.15, 0.2) is 23.8 Å². The molecule has 0 unspecified atom stereocenters. The highest BCUT2D eigenvalue weighted by Crippen LogP contribution is 2.33. The van der Waals surface area contributed by atoms with Crippen LogP contribution >= 0.6 is 11.6 Å². The number of carbonyl (C=O) groups is 2. The van der Waals surface area contributed by atoms with Crippen molar-refractivity contribution in [3.05, 3.63) is 39.9 Å². The van der Waals surface area contributed by atoms with Crippen LogP contribution in [-0.4, -0.2) is 22.2 Å². The van der Waals surface area contributed by atoms with Crippen LogP contribution in [0.5, 0.6) is 0 Å². The largest absolute Gasteiger partial charge is 0.478 e. The highest BCUT2D eigenvalue weighted by Gasteiger charge is 2.27. The maximum absolute atomic E-state index is 11.2. The summed E-state index contributed by atoms with van der Waals surface area (Å²) < 4.78 is 0. The van der Waals surface area contributed by atoms with Crippen molar-refractivity contribution < 1.29 is 19.8 Å². The monoisotopic (exact) mass is 252 g/mol. The van der Waals surface area contributed by atoms with Crippen molar-refractivity contribution in [3.8, 4) is 0 Å². The standard InChI is InChI=1S/C12H9ClO4/c13-7-3-1-6-2-4-8(11(14)15)10(12(16)17)9(6)5-7/h1,3,5H,2,4H2,(H,14,15)(H,16,17). The van der Waals surface area contributed by atoms with Crippen LogP contribution in [0.4, 0.5) is 0 Å². The van der Waals surface area contributed by atoms with Gasteiger partial charge in [0, 0.05) is 5.02 Å². The van der Waals surface area contributed by atoms with Crippen LogP contribution in [0.2, 0.25) is 5.02 Å². The Balaban J connectivity index is 2.70. The molecule has 0 bridgehead atoms. The number of aliphatic carboxylic acids is 2. The fourth-order valence-corrected chi connectivity index (χ4v) is 2.18. The predicted molar refractivity (Wildman–Crippen MR) is 62.0 cm³/mol. The summed E-state index contributed by atoms with van der Waals surface area (Å²) >= 11 is 5.81. The molecule has 1 aromatic rings. The van der Waals surface area contributed by atoms with Crippen LogP contribution in [0.3, 0.4) is 0 Å². The van der Waals surface area contributed by atoms with Crippen LogP contribution < -0.4 is 0 Å². The summed E-state index contributed by atoms with van der Waals surface area (Å²) in [6, 6.07) is 4.91. The average molecular weight is 253 g/mol. The number of carboxylic acid groups (broad SMARTS) is 2. The van der Waals surface area contributed by atoms with Gasteiger partial charge in [-0.15, -0.1) is 0 Å². The van der Waals surface area contributed by atoms with Crippen LogP contribution in [0, 0.1) is 0 Å². The van der Waals surface area contributed by atoms with Crippen molar-refractivity contribution in [3.63, 3.8) is 0 Å². The molecule has 0 spiro atoms. The fraction of sp³-hybridized carbons (Fsp3) is 0.167. The van der Waals surface area contributed by atoms with E-state index in [9.17, 15) is 9.59 Å². The average Bonchev–Trinajstić information content (AvgIpc) is 2.26. The second-order valence-corrected chi connectivity index (χ2v) is 4.20. The molecule has 5 heteroatoms. The zero-order chi connectivity index (χ0) is 12.6. The third kappa shape index (κ3) is 2.03. The van der Waals surface area contributed by atoms with E-state index in [1.807, 2.05) is 0 Å². The minimum atomic E-state index is -1.23. The molecule has 2 N–H and O–H groups in total. The molecule has 17 heavy (non-hydrogen) atoms. The zero-order valence-corrected chi connectivity index (χ0v) is 9.49. The molecule has 88 valence electrons. The van der Waals surface area contributed by atoms with Crippen LogP contribution in [0.1, 0.15) is 17.5 Å². The van der Waals surface area contributed by atoms with Gasteiger partial charge in [0.15, 0.2) is 0 Å². The molecule has 0 aromatic heterocycles. The van der Waals surface area contributed by atoms with Gasteiger partial charge in [0.1, 0.15) is 0 Å². The lowest BCUT2D eigenvalue weighted by Gasteiger charge is -2.18. The molecule has 1 aliphatic carbocycles. The van der Waals surface area contributed by atoms with E-state index in [0.29, 0.717) is 17.0 Å². The molecule has 0 saturated heterocycles. The summed E-state index contributed by atoms with van der Waals surface area (Å²) in [6.07, 6.45) is 0.747. The minimum absolute atomic E-state index is 0.0627. The van der Waals surface area contributed by atoms with E-state index in [1.54, 1.807) is 12.1 Å². The van der Waals surface area contributed by atoms with E-state index in [0.717, 1.165) is 5.56 Å². The van der Waals surface area contributed by atoms with Gasteiger partial charge < -0.3 is 10.2 Å². The third-order valence-corrected chi connectivity index (χ3v) is 2.99. The number of rotatable bonds is 2. The third-order valence-electron chi connectivity index (χ3n) is 2.76. The number of hydrogen-bond donors (Lipinski definition) is 2. The molecule has 1 aromatic carbocycles. The van der Waals surface area contributed by atoms with Gasteiger partial charge >= 0.3 is 11.9 Å². The molecule has 1 aliphatic rings. The molecular weight excluding hydrogens is 244 g/mol. The second kappa shape index (κ2) is 4.22. The Bertz CT molecular complexity index is 545. The van der Waals surface area contributed by atoms with Gasteiger partial charge in [0.25, 0.3) is 0 Å². The number of fused-ring (bicyclic) bond motifs is 1. The number of hydrogen-bond acceptors (Lipinski definition) is 2. The molecule has 0 amide bonds. The first-order valence-corrected chi connectivity index (χ1v) is 5.37. The van der Waals surface area contributed by atoms with Crippen molar-refractivity contribution >= 4 is 29.1 Å². The number of carboxylic acids is 2. The SMILES string of the molecule is O=C(O)C1=C(C(=O)O)c2cc(Cl)ccc2CC1. The van der Waals surface area contributed by atoms with E-state index in [-0.39, 0.29) is 17.6 Å². The van der Waals surface area contributed by atoms with Gasteiger partial charge in [-0.3, -0.25) is 0 Å². The van der Waals surface area contributed by atoms with E-state index in [1.165, 1.54) is 6.07 Å². The first kappa shape index (κ1) is 11.7. The summed E-state index contributed by atoms with van der Waals surface area (Å²) in [6.45, 7) is 0. The topological polar surface area (TPSA) is 74.6 Å². The molecule has 0 atom stereocenters. The zero-order valence-electron chi connectivity index (χ0n) is 8.74. The van der Waals surface area contributed by atoms with Crippen molar-refractivity contribution in [1.82, 2.24) is 0 Å². The van der Waals surface area contributed by atoms with E-state index in [4.69, 9.17) is 21.8 Å². The number of aryl methyl sites for hydroxylation is 1. The Morgan fingerprint density at radius 3 is 2.41 bits per heavy atom. The maximum atomic E-state index is 11.2. The molecular formula is C12H9ClO4. The lowest BCUT2D eigenvalue weighted by atomic mass is 9.85. The first-order chi connectivity index (χ1) is 8.00. The fourth-order valence-electron chi connectivity index (χ4n) is 2.00. The Morgan fingerprint density at radius 1 is 1.12 bits per heavy atom. The second-order valence-electron chi connectivity index (χ2n) is 3.77. The summed E-state index contributed by atoms with van der Waals surface area (Å²) in [7, 11) is 0. The summed E-state index contributed by atoms with van der Waals surface area (Å²) in [5, 5.41) is 18.5. The van der Waals surface area contributed by atoms with Crippen molar-refractivity contribution in [1.29, 1.82) is 0 Å². The lowest BCUT2D eigenvalue weighted by Crippen LogP contribution is -2.16. The Labute approximate surface area is 102 Å². The Morgan fingerprint density at radius 2 is 1.82 bits per heavy atom. The van der Waals surface area contributed by atoms with E-state index < -0.39 is 11.9 Å². The van der Waals surface area contributed by atoms with Gasteiger partial charge in [-0.2, -0.15) is 0 Å². The van der Waals surface area contributed by atoms with Crippen molar-refractivity contribution in [2.24, 2.45) is 0 Å². The van der Waals surface area contributed by atoms with E-state index >= 15 is 0 Å². The summed E-state index contributed by atoms with van der Waals surface area (Å²) in [5.74, 6) is -2.42. The lowest BCUT2D eigenvalue weighted by molar-refractivity contribution is -0.134. The molecule has 4 nitrogen and oxygen atoms in total. The van der Waals surface area contributed by atoms with Gasteiger partial charge in [0.05, 0.1) is 11.1 Å². The van der Waals surface area contributed by atoms with Gasteiger partial charge in [-0.25, -0.2) is 9.59 Å². The van der Waals surface area contributed by atoms with Crippen molar-refractivity contribution in [2.45, 2.75) is 12.8 Å². The molecule has 0 saturated carbocycles. The smallest absolute Gasteiger partial charge is 0.336 e. The molecule has 0 aliphatic heterocycles. The van der Waals surface area contributed by atoms with Gasteiger partial charge in [-0.1, -0.05) is 17.7 Å². The minimum Gasteiger partial charge on any atom is -0.478 e. The van der Waals surface area contributed by atoms with Crippen LogP contribution in [-0.2, 0) is 16.0 Å². The highest BCUT2D eigenvalue weighted by atomic mass is 35.5. The predicted octanol–water partition coefficient (Wildman–Crippen LogP) is 2.21. The number of benzene rings is 1. The normalized spacial score (nSPS) is 14.4. The first-order valence-electron chi connectivity index (χ1n) is 4.99. The van der Waals surface area contributed by atoms with E-state index in [2.05, 4.69) is 0 Å².